The second kappa shape index (κ2) is 9.48. The summed E-state index contributed by atoms with van der Waals surface area (Å²) in [5, 5.41) is 6.50. The molecule has 0 radical (unpaired) electrons. The van der Waals surface area contributed by atoms with E-state index in [1.54, 1.807) is 12.4 Å². The molecule has 150 valence electrons. The largest absolute Gasteiger partial charge is 0.350 e. The Morgan fingerprint density at radius 1 is 1.14 bits per heavy atom. The maximum atomic E-state index is 12.5. The van der Waals surface area contributed by atoms with Crippen molar-refractivity contribution in [1.29, 1.82) is 0 Å². The highest BCUT2D eigenvalue weighted by Gasteiger charge is 2.20. The van der Waals surface area contributed by atoms with Gasteiger partial charge >= 0.3 is 0 Å². The van der Waals surface area contributed by atoms with E-state index < -0.39 is 0 Å². The van der Waals surface area contributed by atoms with Gasteiger partial charge in [0.05, 0.1) is 0 Å². The van der Waals surface area contributed by atoms with Gasteiger partial charge in [0.1, 0.15) is 10.7 Å². The summed E-state index contributed by atoms with van der Waals surface area (Å²) in [5.41, 5.74) is 2.76. The van der Waals surface area contributed by atoms with Crippen molar-refractivity contribution in [3.8, 4) is 10.6 Å². The summed E-state index contributed by atoms with van der Waals surface area (Å²) in [6.07, 6.45) is 5.64. The van der Waals surface area contributed by atoms with Crippen LogP contribution in [0.25, 0.3) is 10.6 Å². The van der Waals surface area contributed by atoms with Gasteiger partial charge in [-0.1, -0.05) is 23.7 Å². The van der Waals surface area contributed by atoms with Crippen LogP contribution in [0, 0.1) is 5.92 Å². The van der Waals surface area contributed by atoms with Crippen LogP contribution >= 0.6 is 22.9 Å². The van der Waals surface area contributed by atoms with Gasteiger partial charge in [0.15, 0.2) is 0 Å². The zero-order chi connectivity index (χ0) is 20.1. The Hall–Kier alpha value is -2.28. The van der Waals surface area contributed by atoms with Crippen LogP contribution in [-0.4, -0.2) is 40.4 Å². The predicted molar refractivity (Wildman–Crippen MR) is 117 cm³/mol. The molecule has 3 heterocycles. The topological polar surface area (TPSA) is 58.1 Å². The summed E-state index contributed by atoms with van der Waals surface area (Å²) in [6.45, 7) is 3.75. The molecule has 0 spiro atoms. The molecule has 5 nitrogen and oxygen atoms in total. The standard InChI is InChI=1S/C22H23ClN4OS/c23-19-3-1-17(2-4-19)14-27-11-7-16(8-12-27)13-25-21(28)20-15-29-22(26-20)18-5-9-24-10-6-18/h1-6,9-10,15-16H,7-8,11-14H2,(H,25,28). The Kier molecular flexibility index (Phi) is 6.54. The zero-order valence-corrected chi connectivity index (χ0v) is 17.6. The monoisotopic (exact) mass is 426 g/mol. The minimum atomic E-state index is -0.0925. The number of aromatic nitrogens is 2. The van der Waals surface area contributed by atoms with Crippen molar-refractivity contribution in [2.45, 2.75) is 19.4 Å². The number of rotatable bonds is 6. The number of thiazole rings is 1. The molecule has 29 heavy (non-hydrogen) atoms. The number of nitrogens with one attached hydrogen (secondary N) is 1. The number of carbonyl (C=O) groups excluding carboxylic acids is 1. The Bertz CT molecular complexity index is 937. The molecule has 0 aliphatic carbocycles. The van der Waals surface area contributed by atoms with Gasteiger partial charge in [-0.2, -0.15) is 0 Å². The number of amides is 1. The van der Waals surface area contributed by atoms with Gasteiger partial charge in [-0.3, -0.25) is 14.7 Å². The molecule has 7 heteroatoms. The van der Waals surface area contributed by atoms with Crippen molar-refractivity contribution in [1.82, 2.24) is 20.2 Å². The number of carbonyl (C=O) groups is 1. The Balaban J connectivity index is 1.23. The molecule has 1 aromatic carbocycles. The summed E-state index contributed by atoms with van der Waals surface area (Å²) < 4.78 is 0. The molecule has 1 aliphatic rings. The summed E-state index contributed by atoms with van der Waals surface area (Å²) in [6, 6.07) is 11.9. The van der Waals surface area contributed by atoms with Gasteiger partial charge in [0.25, 0.3) is 5.91 Å². The summed E-state index contributed by atoms with van der Waals surface area (Å²) in [5.74, 6) is 0.420. The number of pyridine rings is 1. The van der Waals surface area contributed by atoms with Gasteiger partial charge in [0.2, 0.25) is 0 Å². The third-order valence-corrected chi connectivity index (χ3v) is 6.39. The van der Waals surface area contributed by atoms with Gasteiger partial charge < -0.3 is 5.32 Å². The van der Waals surface area contributed by atoms with Crippen LogP contribution in [0.4, 0.5) is 0 Å². The van der Waals surface area contributed by atoms with Crippen molar-refractivity contribution in [3.63, 3.8) is 0 Å². The number of hydrogen-bond acceptors (Lipinski definition) is 5. The molecule has 3 aromatic rings. The number of likely N-dealkylation sites (tertiary alicyclic amines) is 1. The van der Waals surface area contributed by atoms with Crippen LogP contribution in [0.5, 0.6) is 0 Å². The number of benzene rings is 1. The normalized spacial score (nSPS) is 15.3. The summed E-state index contributed by atoms with van der Waals surface area (Å²) >= 11 is 7.44. The van der Waals surface area contributed by atoms with E-state index >= 15 is 0 Å². The minimum Gasteiger partial charge on any atom is -0.350 e. The quantitative estimate of drug-likeness (QED) is 0.630. The highest BCUT2D eigenvalue weighted by Crippen LogP contribution is 2.23. The molecule has 0 bridgehead atoms. The van der Waals surface area contributed by atoms with E-state index in [2.05, 4.69) is 32.3 Å². The Morgan fingerprint density at radius 2 is 1.86 bits per heavy atom. The third kappa shape index (κ3) is 5.41. The molecule has 4 rings (SSSR count). The number of hydrogen-bond donors (Lipinski definition) is 1. The predicted octanol–water partition coefficient (Wildman–Crippen LogP) is 4.50. The molecular weight excluding hydrogens is 404 g/mol. The maximum Gasteiger partial charge on any atom is 0.270 e. The molecule has 1 saturated heterocycles. The molecule has 0 atom stereocenters. The first-order valence-corrected chi connectivity index (χ1v) is 11.0. The van der Waals surface area contributed by atoms with Gasteiger partial charge in [-0.25, -0.2) is 4.98 Å². The lowest BCUT2D eigenvalue weighted by Gasteiger charge is -2.32. The van der Waals surface area contributed by atoms with Gasteiger partial charge in [-0.05, 0) is 61.7 Å². The van der Waals surface area contributed by atoms with Crippen LogP contribution < -0.4 is 5.32 Å². The second-order valence-corrected chi connectivity index (χ2v) is 8.62. The molecule has 1 fully saturated rings. The van der Waals surface area contributed by atoms with Crippen LogP contribution in [0.2, 0.25) is 5.02 Å². The fourth-order valence-electron chi connectivity index (χ4n) is 3.53. The van der Waals surface area contributed by atoms with E-state index in [9.17, 15) is 4.79 Å². The van der Waals surface area contributed by atoms with E-state index in [0.29, 0.717) is 18.2 Å². The maximum absolute atomic E-state index is 12.5. The molecule has 0 saturated carbocycles. The highest BCUT2D eigenvalue weighted by molar-refractivity contribution is 7.13. The molecule has 0 unspecified atom stereocenters. The first-order valence-electron chi connectivity index (χ1n) is 9.78. The van der Waals surface area contributed by atoms with Gasteiger partial charge in [-0.15, -0.1) is 11.3 Å². The lowest BCUT2D eigenvalue weighted by atomic mass is 9.96. The molecule has 1 N–H and O–H groups in total. The van der Waals surface area contributed by atoms with Gasteiger partial charge in [0, 0.05) is 41.4 Å². The first kappa shape index (κ1) is 20.0. The summed E-state index contributed by atoms with van der Waals surface area (Å²) in [7, 11) is 0. The molecule has 2 aromatic heterocycles. The van der Waals surface area contributed by atoms with Crippen molar-refractivity contribution < 1.29 is 4.79 Å². The van der Waals surface area contributed by atoms with Crippen molar-refractivity contribution in [2.24, 2.45) is 5.92 Å². The van der Waals surface area contributed by atoms with Crippen molar-refractivity contribution in [3.05, 3.63) is 70.5 Å². The number of nitrogens with zero attached hydrogens (tertiary/aromatic N) is 3. The van der Waals surface area contributed by atoms with Crippen LogP contribution in [-0.2, 0) is 6.54 Å². The van der Waals surface area contributed by atoms with E-state index in [1.165, 1.54) is 16.9 Å². The van der Waals surface area contributed by atoms with Crippen LogP contribution in [0.1, 0.15) is 28.9 Å². The Labute approximate surface area is 179 Å². The molecule has 1 aliphatic heterocycles. The average Bonchev–Trinajstić information content (AvgIpc) is 3.26. The summed E-state index contributed by atoms with van der Waals surface area (Å²) in [4.78, 5) is 23.4. The minimum absolute atomic E-state index is 0.0925. The lowest BCUT2D eigenvalue weighted by molar-refractivity contribution is 0.0931. The SMILES string of the molecule is O=C(NCC1CCN(Cc2ccc(Cl)cc2)CC1)c1csc(-c2ccncc2)n1. The van der Waals surface area contributed by atoms with Crippen LogP contribution in [0.15, 0.2) is 54.2 Å². The average molecular weight is 427 g/mol. The molecule has 1 amide bonds. The highest BCUT2D eigenvalue weighted by atomic mass is 35.5. The van der Waals surface area contributed by atoms with Crippen molar-refractivity contribution >= 4 is 28.8 Å². The zero-order valence-electron chi connectivity index (χ0n) is 16.1. The molecular formula is C22H23ClN4OS. The fourth-order valence-corrected chi connectivity index (χ4v) is 4.46. The van der Waals surface area contributed by atoms with Crippen molar-refractivity contribution in [2.75, 3.05) is 19.6 Å². The second-order valence-electron chi connectivity index (χ2n) is 7.33. The van der Waals surface area contributed by atoms with E-state index in [1.807, 2.05) is 29.6 Å². The van der Waals surface area contributed by atoms with E-state index in [4.69, 9.17) is 11.6 Å². The number of piperidine rings is 1. The van der Waals surface area contributed by atoms with Crippen LogP contribution in [0.3, 0.4) is 0 Å². The number of halogens is 1. The third-order valence-electron chi connectivity index (χ3n) is 5.24. The lowest BCUT2D eigenvalue weighted by Crippen LogP contribution is -2.38. The fraction of sp³-hybridized carbons (Fsp3) is 0.318. The Morgan fingerprint density at radius 3 is 2.59 bits per heavy atom. The smallest absolute Gasteiger partial charge is 0.270 e. The first-order chi connectivity index (χ1) is 14.2. The van der Waals surface area contributed by atoms with E-state index in [-0.39, 0.29) is 5.91 Å². The van der Waals surface area contributed by atoms with E-state index in [0.717, 1.165) is 48.1 Å².